The van der Waals surface area contributed by atoms with E-state index in [0.29, 0.717) is 19.6 Å². The molecule has 0 aromatic carbocycles. The second kappa shape index (κ2) is 5.25. The molecule has 1 saturated heterocycles. The first-order valence-electron chi connectivity index (χ1n) is 5.05. The SMILES string of the molecule is C=CCNC(=O)C(C)N1CC(O)C(O)C1. The molecule has 1 rings (SSSR count). The topological polar surface area (TPSA) is 72.8 Å². The zero-order valence-electron chi connectivity index (χ0n) is 8.89. The summed E-state index contributed by atoms with van der Waals surface area (Å²) in [6.45, 7) is 6.37. The van der Waals surface area contributed by atoms with Gasteiger partial charge in [0, 0.05) is 19.6 Å². The average Bonchev–Trinajstić information content (AvgIpc) is 2.54. The number of likely N-dealkylation sites (tertiary alicyclic amines) is 1. The van der Waals surface area contributed by atoms with Crippen LogP contribution in [0.5, 0.6) is 0 Å². The van der Waals surface area contributed by atoms with Crippen molar-refractivity contribution in [1.29, 1.82) is 0 Å². The zero-order valence-corrected chi connectivity index (χ0v) is 8.89. The van der Waals surface area contributed by atoms with Crippen LogP contribution in [0.4, 0.5) is 0 Å². The molecule has 1 amide bonds. The molecule has 3 atom stereocenters. The third-order valence-electron chi connectivity index (χ3n) is 2.64. The van der Waals surface area contributed by atoms with E-state index in [0.717, 1.165) is 0 Å². The van der Waals surface area contributed by atoms with Crippen molar-refractivity contribution in [2.45, 2.75) is 25.2 Å². The van der Waals surface area contributed by atoms with Gasteiger partial charge in [-0.05, 0) is 6.92 Å². The third-order valence-corrected chi connectivity index (χ3v) is 2.64. The quantitative estimate of drug-likeness (QED) is 0.509. The first kappa shape index (κ1) is 12.2. The van der Waals surface area contributed by atoms with E-state index < -0.39 is 12.2 Å². The molecule has 1 fully saturated rings. The Morgan fingerprint density at radius 2 is 2.13 bits per heavy atom. The number of nitrogens with zero attached hydrogens (tertiary/aromatic N) is 1. The van der Waals surface area contributed by atoms with Crippen LogP contribution in [0.1, 0.15) is 6.92 Å². The van der Waals surface area contributed by atoms with Gasteiger partial charge < -0.3 is 15.5 Å². The number of nitrogens with one attached hydrogen (secondary N) is 1. The van der Waals surface area contributed by atoms with E-state index in [-0.39, 0.29) is 11.9 Å². The van der Waals surface area contributed by atoms with Gasteiger partial charge in [-0.25, -0.2) is 0 Å². The number of rotatable bonds is 4. The fourth-order valence-electron chi connectivity index (χ4n) is 1.60. The van der Waals surface area contributed by atoms with Gasteiger partial charge in [-0.2, -0.15) is 0 Å². The van der Waals surface area contributed by atoms with Crippen molar-refractivity contribution >= 4 is 5.91 Å². The van der Waals surface area contributed by atoms with E-state index in [9.17, 15) is 15.0 Å². The predicted octanol–water partition coefficient (Wildman–Crippen LogP) is -1.29. The summed E-state index contributed by atoms with van der Waals surface area (Å²) in [4.78, 5) is 13.3. The summed E-state index contributed by atoms with van der Waals surface area (Å²) in [6.07, 6.45) is 0.109. The summed E-state index contributed by atoms with van der Waals surface area (Å²) >= 11 is 0. The van der Waals surface area contributed by atoms with Crippen molar-refractivity contribution < 1.29 is 15.0 Å². The summed E-state index contributed by atoms with van der Waals surface area (Å²) in [5.74, 6) is -0.115. The molecular weight excluding hydrogens is 196 g/mol. The summed E-state index contributed by atoms with van der Waals surface area (Å²) < 4.78 is 0. The highest BCUT2D eigenvalue weighted by atomic mass is 16.3. The van der Waals surface area contributed by atoms with Gasteiger partial charge in [0.1, 0.15) is 0 Å². The molecule has 1 aliphatic heterocycles. The normalized spacial score (nSPS) is 28.7. The highest BCUT2D eigenvalue weighted by Gasteiger charge is 2.34. The molecule has 3 N–H and O–H groups in total. The van der Waals surface area contributed by atoms with Gasteiger partial charge in [-0.3, -0.25) is 9.69 Å². The zero-order chi connectivity index (χ0) is 11.4. The second-order valence-electron chi connectivity index (χ2n) is 3.80. The van der Waals surface area contributed by atoms with Crippen molar-refractivity contribution in [2.24, 2.45) is 0 Å². The van der Waals surface area contributed by atoms with Crippen molar-refractivity contribution in [3.05, 3.63) is 12.7 Å². The van der Waals surface area contributed by atoms with E-state index >= 15 is 0 Å². The van der Waals surface area contributed by atoms with Gasteiger partial charge >= 0.3 is 0 Å². The molecular formula is C10H18N2O3. The molecule has 1 heterocycles. The minimum absolute atomic E-state index is 0.115. The lowest BCUT2D eigenvalue weighted by Gasteiger charge is -2.22. The van der Waals surface area contributed by atoms with Crippen LogP contribution in [0.3, 0.4) is 0 Å². The third kappa shape index (κ3) is 3.02. The van der Waals surface area contributed by atoms with Crippen LogP contribution >= 0.6 is 0 Å². The van der Waals surface area contributed by atoms with Gasteiger partial charge in [0.05, 0.1) is 18.2 Å². The minimum atomic E-state index is -0.750. The largest absolute Gasteiger partial charge is 0.389 e. The van der Waals surface area contributed by atoms with Crippen molar-refractivity contribution in [3.8, 4) is 0 Å². The molecule has 0 aliphatic carbocycles. The van der Waals surface area contributed by atoms with Crippen molar-refractivity contribution in [3.63, 3.8) is 0 Å². The van der Waals surface area contributed by atoms with Crippen molar-refractivity contribution in [1.82, 2.24) is 10.2 Å². The molecule has 5 nitrogen and oxygen atoms in total. The minimum Gasteiger partial charge on any atom is -0.389 e. The molecule has 15 heavy (non-hydrogen) atoms. The number of aliphatic hydroxyl groups excluding tert-OH is 2. The summed E-state index contributed by atoms with van der Waals surface area (Å²) in [5, 5.41) is 21.3. The van der Waals surface area contributed by atoms with E-state index in [4.69, 9.17) is 0 Å². The lowest BCUT2D eigenvalue weighted by atomic mass is 10.3. The Morgan fingerprint density at radius 1 is 1.60 bits per heavy atom. The van der Waals surface area contributed by atoms with Crippen LogP contribution in [-0.2, 0) is 4.79 Å². The smallest absolute Gasteiger partial charge is 0.237 e. The fourth-order valence-corrected chi connectivity index (χ4v) is 1.60. The Morgan fingerprint density at radius 3 is 2.60 bits per heavy atom. The van der Waals surface area contributed by atoms with Gasteiger partial charge in [-0.15, -0.1) is 6.58 Å². The number of carbonyl (C=O) groups is 1. The van der Waals surface area contributed by atoms with Gasteiger partial charge in [-0.1, -0.05) is 6.08 Å². The molecule has 86 valence electrons. The summed E-state index contributed by atoms with van der Waals surface area (Å²) in [7, 11) is 0. The standard InChI is InChI=1S/C10H18N2O3/c1-3-4-11-10(15)7(2)12-5-8(13)9(14)6-12/h3,7-9,13-14H,1,4-6H2,2H3,(H,11,15). The second-order valence-corrected chi connectivity index (χ2v) is 3.80. The van der Waals surface area contributed by atoms with Gasteiger partial charge in [0.2, 0.25) is 5.91 Å². The van der Waals surface area contributed by atoms with Crippen LogP contribution in [0.2, 0.25) is 0 Å². The molecule has 1 aliphatic rings. The van der Waals surface area contributed by atoms with Crippen LogP contribution < -0.4 is 5.32 Å². The fraction of sp³-hybridized carbons (Fsp3) is 0.700. The van der Waals surface area contributed by atoms with Crippen molar-refractivity contribution in [2.75, 3.05) is 19.6 Å². The van der Waals surface area contributed by atoms with E-state index in [1.165, 1.54) is 0 Å². The molecule has 0 aromatic heterocycles. The molecule has 0 spiro atoms. The van der Waals surface area contributed by atoms with Crippen LogP contribution in [-0.4, -0.2) is 58.9 Å². The Bertz CT molecular complexity index is 235. The Hall–Kier alpha value is -0.910. The maximum atomic E-state index is 11.5. The lowest BCUT2D eigenvalue weighted by molar-refractivity contribution is -0.125. The number of amides is 1. The molecule has 0 aromatic rings. The van der Waals surface area contributed by atoms with E-state index in [2.05, 4.69) is 11.9 Å². The average molecular weight is 214 g/mol. The monoisotopic (exact) mass is 214 g/mol. The summed E-state index contributed by atoms with van der Waals surface area (Å²) in [5.41, 5.74) is 0. The number of aliphatic hydroxyl groups is 2. The highest BCUT2D eigenvalue weighted by Crippen LogP contribution is 2.13. The predicted molar refractivity (Wildman–Crippen MR) is 56.3 cm³/mol. The Kier molecular flexibility index (Phi) is 4.26. The molecule has 3 unspecified atom stereocenters. The number of carbonyl (C=O) groups excluding carboxylic acids is 1. The molecule has 0 saturated carbocycles. The molecule has 0 radical (unpaired) electrons. The Balaban J connectivity index is 2.43. The Labute approximate surface area is 89.4 Å². The number of β-amino-alcohol motifs (C(OH)–C–C–N with tert-alkyl or cyclic N) is 2. The number of hydrogen-bond donors (Lipinski definition) is 3. The molecule has 5 heteroatoms. The lowest BCUT2D eigenvalue weighted by Crippen LogP contribution is -2.44. The van der Waals surface area contributed by atoms with Gasteiger partial charge in [0.15, 0.2) is 0 Å². The van der Waals surface area contributed by atoms with Gasteiger partial charge in [0.25, 0.3) is 0 Å². The van der Waals surface area contributed by atoms with E-state index in [1.54, 1.807) is 17.9 Å². The van der Waals surface area contributed by atoms with Crippen LogP contribution in [0, 0.1) is 0 Å². The molecule has 0 bridgehead atoms. The summed E-state index contributed by atoms with van der Waals surface area (Å²) in [6, 6.07) is -0.336. The van der Waals surface area contributed by atoms with Crippen LogP contribution in [0.25, 0.3) is 0 Å². The maximum Gasteiger partial charge on any atom is 0.237 e. The highest BCUT2D eigenvalue weighted by molar-refractivity contribution is 5.81. The maximum absolute atomic E-state index is 11.5. The first-order valence-corrected chi connectivity index (χ1v) is 5.05. The van der Waals surface area contributed by atoms with Crippen LogP contribution in [0.15, 0.2) is 12.7 Å². The first-order chi connectivity index (χ1) is 7.06. The number of hydrogen-bond acceptors (Lipinski definition) is 4. The van der Waals surface area contributed by atoms with E-state index in [1.807, 2.05) is 0 Å².